The van der Waals surface area contributed by atoms with Gasteiger partial charge in [0.15, 0.2) is 5.69 Å². The molecule has 0 unspecified atom stereocenters. The fourth-order valence-electron chi connectivity index (χ4n) is 1.45. The third kappa shape index (κ3) is 1.56. The van der Waals surface area contributed by atoms with Crippen LogP contribution in [0.4, 0.5) is 0 Å². The molecule has 0 saturated heterocycles. The molecule has 18 heavy (non-hydrogen) atoms. The van der Waals surface area contributed by atoms with Gasteiger partial charge in [-0.05, 0) is 6.07 Å². The van der Waals surface area contributed by atoms with E-state index < -0.39 is 5.97 Å². The molecule has 3 heterocycles. The highest BCUT2D eigenvalue weighted by Crippen LogP contribution is 2.22. The molecule has 90 valence electrons. The zero-order valence-electron chi connectivity index (χ0n) is 8.82. The third-order valence-corrected chi connectivity index (χ3v) is 2.26. The second kappa shape index (κ2) is 3.84. The van der Waals surface area contributed by atoms with E-state index in [2.05, 4.69) is 20.1 Å². The Morgan fingerprint density at radius 1 is 1.44 bits per heavy atom. The van der Waals surface area contributed by atoms with Crippen molar-refractivity contribution in [3.63, 3.8) is 0 Å². The summed E-state index contributed by atoms with van der Waals surface area (Å²) in [5.41, 5.74) is 0.642. The van der Waals surface area contributed by atoms with Crippen molar-refractivity contribution in [2.24, 2.45) is 0 Å². The number of aromatic carboxylic acids is 1. The van der Waals surface area contributed by atoms with Gasteiger partial charge in [0.2, 0.25) is 5.82 Å². The van der Waals surface area contributed by atoms with Crippen molar-refractivity contribution >= 4 is 5.97 Å². The van der Waals surface area contributed by atoms with E-state index in [9.17, 15) is 4.79 Å². The Kier molecular flexibility index (Phi) is 2.19. The van der Waals surface area contributed by atoms with Crippen molar-refractivity contribution in [2.75, 3.05) is 0 Å². The first-order chi connectivity index (χ1) is 8.75. The number of aromatic amines is 1. The average Bonchev–Trinajstić information content (AvgIpc) is 3.10. The highest BCUT2D eigenvalue weighted by Gasteiger charge is 2.20. The first kappa shape index (κ1) is 10.3. The van der Waals surface area contributed by atoms with E-state index in [-0.39, 0.29) is 17.3 Å². The smallest absolute Gasteiger partial charge is 0.356 e. The fourth-order valence-corrected chi connectivity index (χ4v) is 1.45. The number of H-pyrrole nitrogens is 1. The van der Waals surface area contributed by atoms with E-state index in [0.29, 0.717) is 11.4 Å². The van der Waals surface area contributed by atoms with Crippen LogP contribution in [0.3, 0.4) is 0 Å². The molecule has 0 radical (unpaired) electrons. The van der Waals surface area contributed by atoms with Crippen molar-refractivity contribution in [3.8, 4) is 23.0 Å². The van der Waals surface area contributed by atoms with Gasteiger partial charge in [-0.15, -0.1) is 0 Å². The number of hydrogen-bond donors (Lipinski definition) is 2. The average molecular weight is 246 g/mol. The van der Waals surface area contributed by atoms with Crippen LogP contribution in [0.2, 0.25) is 0 Å². The number of nitrogens with zero attached hydrogens (tertiary/aromatic N) is 3. The van der Waals surface area contributed by atoms with Crippen molar-refractivity contribution in [1.82, 2.24) is 20.1 Å². The number of aromatic nitrogens is 4. The molecule has 0 fully saturated rings. The molecule has 8 heteroatoms. The van der Waals surface area contributed by atoms with E-state index in [1.54, 1.807) is 6.07 Å². The number of rotatable bonds is 3. The van der Waals surface area contributed by atoms with Gasteiger partial charge in [-0.3, -0.25) is 0 Å². The van der Waals surface area contributed by atoms with Crippen molar-refractivity contribution < 1.29 is 18.8 Å². The van der Waals surface area contributed by atoms with Gasteiger partial charge < -0.3 is 19.0 Å². The minimum atomic E-state index is -1.17. The summed E-state index contributed by atoms with van der Waals surface area (Å²) in [5.74, 6) is -0.805. The number of hydrogen-bond acceptors (Lipinski definition) is 6. The lowest BCUT2D eigenvalue weighted by atomic mass is 10.3. The van der Waals surface area contributed by atoms with Gasteiger partial charge >= 0.3 is 5.97 Å². The number of furan rings is 1. The summed E-state index contributed by atoms with van der Waals surface area (Å²) in [6.45, 7) is 0. The Labute approximate surface area is 99.3 Å². The van der Waals surface area contributed by atoms with Gasteiger partial charge in [0.1, 0.15) is 12.0 Å². The molecule has 0 atom stereocenters. The third-order valence-electron chi connectivity index (χ3n) is 2.26. The Morgan fingerprint density at radius 3 is 3.06 bits per heavy atom. The van der Waals surface area contributed by atoms with Crippen LogP contribution in [-0.2, 0) is 0 Å². The minimum absolute atomic E-state index is 0.0566. The lowest BCUT2D eigenvalue weighted by Crippen LogP contribution is -1.99. The molecule has 3 rings (SSSR count). The summed E-state index contributed by atoms with van der Waals surface area (Å²) in [6, 6.07) is 1.67. The number of carbonyl (C=O) groups is 1. The number of nitrogens with one attached hydrogen (secondary N) is 1. The molecule has 3 aromatic heterocycles. The van der Waals surface area contributed by atoms with Crippen LogP contribution in [0, 0.1) is 0 Å². The molecule has 0 saturated carbocycles. The predicted molar refractivity (Wildman–Crippen MR) is 56.5 cm³/mol. The first-order valence-corrected chi connectivity index (χ1v) is 4.89. The second-order valence-electron chi connectivity index (χ2n) is 3.37. The van der Waals surface area contributed by atoms with Gasteiger partial charge in [-0.2, -0.15) is 4.98 Å². The quantitative estimate of drug-likeness (QED) is 0.717. The van der Waals surface area contributed by atoms with Crippen LogP contribution >= 0.6 is 0 Å². The van der Waals surface area contributed by atoms with Crippen LogP contribution in [0.5, 0.6) is 0 Å². The molecule has 0 spiro atoms. The maximum atomic E-state index is 10.9. The van der Waals surface area contributed by atoms with Crippen molar-refractivity contribution in [3.05, 3.63) is 30.6 Å². The molecule has 0 aliphatic heterocycles. The number of imidazole rings is 1. The highest BCUT2D eigenvalue weighted by molar-refractivity contribution is 5.91. The zero-order chi connectivity index (χ0) is 12.5. The van der Waals surface area contributed by atoms with Gasteiger partial charge in [0, 0.05) is 0 Å². The van der Waals surface area contributed by atoms with Crippen LogP contribution in [0.25, 0.3) is 23.0 Å². The Balaban J connectivity index is 2.03. The van der Waals surface area contributed by atoms with Crippen molar-refractivity contribution in [2.45, 2.75) is 0 Å². The second-order valence-corrected chi connectivity index (χ2v) is 3.37. The topological polar surface area (TPSA) is 118 Å². The Morgan fingerprint density at radius 2 is 2.33 bits per heavy atom. The van der Waals surface area contributed by atoms with Crippen LogP contribution in [-0.4, -0.2) is 31.2 Å². The summed E-state index contributed by atoms with van der Waals surface area (Å²) in [4.78, 5) is 21.3. The maximum Gasteiger partial charge on any atom is 0.356 e. The normalized spacial score (nSPS) is 10.7. The summed E-state index contributed by atoms with van der Waals surface area (Å²) < 4.78 is 9.88. The first-order valence-electron chi connectivity index (χ1n) is 4.89. The van der Waals surface area contributed by atoms with Crippen LogP contribution in [0.15, 0.2) is 33.9 Å². The molecule has 0 amide bonds. The number of carboxylic acid groups (broad SMARTS) is 1. The zero-order valence-corrected chi connectivity index (χ0v) is 8.82. The van der Waals surface area contributed by atoms with Gasteiger partial charge in [-0.1, -0.05) is 5.16 Å². The SMILES string of the molecule is O=C(O)c1nc[nH]c1-c1nc(-c2ccoc2)no1. The fraction of sp³-hybridized carbons (Fsp3) is 0. The molecule has 8 nitrogen and oxygen atoms in total. The highest BCUT2D eigenvalue weighted by atomic mass is 16.5. The van der Waals surface area contributed by atoms with Crippen molar-refractivity contribution in [1.29, 1.82) is 0 Å². The summed E-state index contributed by atoms with van der Waals surface area (Å²) >= 11 is 0. The molecule has 0 aliphatic rings. The van der Waals surface area contributed by atoms with E-state index in [4.69, 9.17) is 14.0 Å². The molecular formula is C10H6N4O4. The van der Waals surface area contributed by atoms with Gasteiger partial charge in [0.05, 0.1) is 18.2 Å². The molecule has 0 bridgehead atoms. The van der Waals surface area contributed by atoms with E-state index >= 15 is 0 Å². The van der Waals surface area contributed by atoms with Crippen LogP contribution in [0.1, 0.15) is 10.5 Å². The monoisotopic (exact) mass is 246 g/mol. The summed E-state index contributed by atoms with van der Waals surface area (Å²) in [6.07, 6.45) is 4.18. The van der Waals surface area contributed by atoms with Crippen LogP contribution < -0.4 is 0 Å². The molecule has 0 aliphatic carbocycles. The maximum absolute atomic E-state index is 10.9. The Hall–Kier alpha value is -2.90. The molecule has 0 aromatic carbocycles. The van der Waals surface area contributed by atoms with E-state index in [0.717, 1.165) is 0 Å². The predicted octanol–water partition coefficient (Wildman–Crippen LogP) is 1.42. The van der Waals surface area contributed by atoms with E-state index in [1.165, 1.54) is 18.9 Å². The lowest BCUT2D eigenvalue weighted by Gasteiger charge is -1.90. The minimum Gasteiger partial charge on any atom is -0.476 e. The largest absolute Gasteiger partial charge is 0.476 e. The van der Waals surface area contributed by atoms with Gasteiger partial charge in [0.25, 0.3) is 5.89 Å². The molecule has 2 N–H and O–H groups in total. The summed E-state index contributed by atoms with van der Waals surface area (Å²) in [5, 5.41) is 12.6. The van der Waals surface area contributed by atoms with E-state index in [1.807, 2.05) is 0 Å². The lowest BCUT2D eigenvalue weighted by molar-refractivity contribution is 0.0691. The standard InChI is InChI=1S/C10H6N4O4/c15-10(16)7-6(11-4-12-7)9-13-8(14-18-9)5-1-2-17-3-5/h1-4H,(H,11,12)(H,15,16). The summed E-state index contributed by atoms with van der Waals surface area (Å²) in [7, 11) is 0. The Bertz CT molecular complexity index is 682. The van der Waals surface area contributed by atoms with Gasteiger partial charge in [-0.25, -0.2) is 9.78 Å². The molecular weight excluding hydrogens is 240 g/mol. The number of carboxylic acids is 1. The molecule has 3 aromatic rings.